The summed E-state index contributed by atoms with van der Waals surface area (Å²) in [6.45, 7) is 2.69. The molecule has 1 amide bonds. The van der Waals surface area contributed by atoms with Crippen LogP contribution >= 0.6 is 11.8 Å². The fourth-order valence-electron chi connectivity index (χ4n) is 4.38. The molecule has 0 saturated carbocycles. The topological polar surface area (TPSA) is 67.8 Å². The Kier molecular flexibility index (Phi) is 8.00. The molecule has 2 aliphatic rings. The summed E-state index contributed by atoms with van der Waals surface area (Å²) in [5, 5.41) is 8.54. The summed E-state index contributed by atoms with van der Waals surface area (Å²) in [6.07, 6.45) is 6.37. The van der Waals surface area contributed by atoms with Crippen LogP contribution in [0.3, 0.4) is 0 Å². The maximum Gasteiger partial charge on any atom is 0.243 e. The maximum atomic E-state index is 11.1. The van der Waals surface area contributed by atoms with Crippen molar-refractivity contribution in [2.24, 2.45) is 11.8 Å². The van der Waals surface area contributed by atoms with Crippen LogP contribution in [0.5, 0.6) is 0 Å². The third-order valence-corrected chi connectivity index (χ3v) is 6.85. The minimum absolute atomic E-state index is 0.0221. The maximum absolute atomic E-state index is 11.1. The number of fused-ring (bicyclic) bond motifs is 2. The lowest BCUT2D eigenvalue weighted by molar-refractivity contribution is -0.129. The zero-order chi connectivity index (χ0) is 19.1. The Hall–Kier alpha value is -1.08. The molecule has 27 heavy (non-hydrogen) atoms. The van der Waals surface area contributed by atoms with E-state index in [0.29, 0.717) is 37.1 Å². The number of hydrogen-bond donors (Lipinski definition) is 2. The van der Waals surface area contributed by atoms with Crippen molar-refractivity contribution in [3.63, 3.8) is 0 Å². The number of rotatable bonds is 11. The van der Waals surface area contributed by atoms with Gasteiger partial charge in [-0.15, -0.1) is 11.8 Å². The van der Waals surface area contributed by atoms with Gasteiger partial charge in [-0.2, -0.15) is 0 Å². The van der Waals surface area contributed by atoms with Crippen LogP contribution in [0.25, 0.3) is 0 Å². The Morgan fingerprint density at radius 2 is 1.96 bits per heavy atom. The first kappa shape index (κ1) is 20.6. The van der Waals surface area contributed by atoms with Gasteiger partial charge in [-0.1, -0.05) is 18.2 Å². The van der Waals surface area contributed by atoms with Crippen LogP contribution in [0.1, 0.15) is 45.4 Å². The van der Waals surface area contributed by atoms with E-state index in [1.165, 1.54) is 24.2 Å². The molecule has 2 N–H and O–H groups in total. The van der Waals surface area contributed by atoms with Crippen molar-refractivity contribution >= 4 is 17.7 Å². The third kappa shape index (κ3) is 5.95. The SMILES string of the molecule is CC(CCC(=O)NO)OCCC1C2CCC(O2)C1CCSc1ccccc1. The number of carbonyl (C=O) groups excluding carboxylic acids is 1. The molecule has 5 atom stereocenters. The first-order valence-corrected chi connectivity index (χ1v) is 11.0. The minimum Gasteiger partial charge on any atom is -0.378 e. The van der Waals surface area contributed by atoms with E-state index in [1.54, 1.807) is 5.48 Å². The number of ether oxygens (including phenoxy) is 2. The van der Waals surface area contributed by atoms with Crippen molar-refractivity contribution in [2.45, 2.75) is 68.7 Å². The van der Waals surface area contributed by atoms with Gasteiger partial charge in [0.2, 0.25) is 5.91 Å². The monoisotopic (exact) mass is 393 g/mol. The second kappa shape index (κ2) is 10.5. The molecule has 2 saturated heterocycles. The highest BCUT2D eigenvalue weighted by Gasteiger charge is 2.47. The first-order valence-electron chi connectivity index (χ1n) is 10.0. The average Bonchev–Trinajstić information content (AvgIpc) is 3.29. The highest BCUT2D eigenvalue weighted by molar-refractivity contribution is 7.99. The van der Waals surface area contributed by atoms with Crippen LogP contribution < -0.4 is 5.48 Å². The van der Waals surface area contributed by atoms with Gasteiger partial charge in [0.05, 0.1) is 18.3 Å². The molecule has 1 aromatic carbocycles. The summed E-state index contributed by atoms with van der Waals surface area (Å²) < 4.78 is 12.1. The smallest absolute Gasteiger partial charge is 0.243 e. The lowest BCUT2D eigenvalue weighted by atomic mass is 9.76. The second-order valence-corrected chi connectivity index (χ2v) is 8.78. The molecule has 2 bridgehead atoms. The Morgan fingerprint density at radius 1 is 1.26 bits per heavy atom. The molecule has 2 heterocycles. The van der Waals surface area contributed by atoms with Gasteiger partial charge in [0.25, 0.3) is 0 Å². The number of hydroxylamine groups is 1. The Bertz CT molecular complexity index is 585. The number of carbonyl (C=O) groups is 1. The number of thioether (sulfide) groups is 1. The summed E-state index contributed by atoms with van der Waals surface area (Å²) in [4.78, 5) is 12.4. The summed E-state index contributed by atoms with van der Waals surface area (Å²) in [5.74, 6) is 2.00. The number of amides is 1. The molecule has 0 aliphatic carbocycles. The molecule has 0 radical (unpaired) electrons. The van der Waals surface area contributed by atoms with Gasteiger partial charge in [0, 0.05) is 17.9 Å². The van der Waals surface area contributed by atoms with Gasteiger partial charge in [-0.3, -0.25) is 10.0 Å². The lowest BCUT2D eigenvalue weighted by Crippen LogP contribution is -2.29. The van der Waals surface area contributed by atoms with Crippen molar-refractivity contribution in [3.05, 3.63) is 30.3 Å². The summed E-state index contributed by atoms with van der Waals surface area (Å²) in [7, 11) is 0. The zero-order valence-corrected chi connectivity index (χ0v) is 16.8. The molecule has 0 spiro atoms. The normalized spacial score (nSPS) is 27.6. The molecule has 1 aromatic rings. The lowest BCUT2D eigenvalue weighted by Gasteiger charge is -2.28. The molecule has 6 heteroatoms. The van der Waals surface area contributed by atoms with Crippen LogP contribution in [-0.2, 0) is 14.3 Å². The van der Waals surface area contributed by atoms with E-state index in [0.717, 1.165) is 12.2 Å². The van der Waals surface area contributed by atoms with Crippen LogP contribution in [0.2, 0.25) is 0 Å². The van der Waals surface area contributed by atoms with Crippen molar-refractivity contribution in [1.82, 2.24) is 5.48 Å². The van der Waals surface area contributed by atoms with E-state index in [2.05, 4.69) is 30.3 Å². The van der Waals surface area contributed by atoms with Crippen LogP contribution in [0, 0.1) is 11.8 Å². The molecule has 5 unspecified atom stereocenters. The van der Waals surface area contributed by atoms with Crippen LogP contribution in [0.15, 0.2) is 35.2 Å². The average molecular weight is 394 g/mol. The minimum atomic E-state index is -0.358. The van der Waals surface area contributed by atoms with Crippen molar-refractivity contribution < 1.29 is 19.5 Å². The predicted octanol–water partition coefficient (Wildman–Crippen LogP) is 4.04. The van der Waals surface area contributed by atoms with Gasteiger partial charge >= 0.3 is 0 Å². The summed E-state index contributed by atoms with van der Waals surface area (Å²) in [5.41, 5.74) is 1.66. The first-order chi connectivity index (χ1) is 13.2. The second-order valence-electron chi connectivity index (χ2n) is 7.61. The van der Waals surface area contributed by atoms with Crippen molar-refractivity contribution in [3.8, 4) is 0 Å². The van der Waals surface area contributed by atoms with Gasteiger partial charge in [0.1, 0.15) is 0 Å². The molecule has 2 fully saturated rings. The van der Waals surface area contributed by atoms with E-state index in [9.17, 15) is 4.79 Å². The Morgan fingerprint density at radius 3 is 2.67 bits per heavy atom. The highest BCUT2D eigenvalue weighted by Crippen LogP contribution is 2.47. The van der Waals surface area contributed by atoms with E-state index in [-0.39, 0.29) is 18.4 Å². The molecule has 5 nitrogen and oxygen atoms in total. The number of nitrogens with one attached hydrogen (secondary N) is 1. The fourth-order valence-corrected chi connectivity index (χ4v) is 5.35. The third-order valence-electron chi connectivity index (χ3n) is 5.81. The highest BCUT2D eigenvalue weighted by atomic mass is 32.2. The van der Waals surface area contributed by atoms with E-state index in [1.807, 2.05) is 18.7 Å². The molecule has 0 aromatic heterocycles. The van der Waals surface area contributed by atoms with Gasteiger partial charge in [-0.25, -0.2) is 5.48 Å². The largest absolute Gasteiger partial charge is 0.378 e. The molecular weight excluding hydrogens is 362 g/mol. The van der Waals surface area contributed by atoms with E-state index >= 15 is 0 Å². The van der Waals surface area contributed by atoms with E-state index < -0.39 is 0 Å². The van der Waals surface area contributed by atoms with Crippen molar-refractivity contribution in [1.29, 1.82) is 0 Å². The quantitative estimate of drug-likeness (QED) is 0.337. The molecular formula is C21H31NO4S. The summed E-state index contributed by atoms with van der Waals surface area (Å²) >= 11 is 1.93. The number of hydrogen-bond acceptors (Lipinski definition) is 5. The molecule has 150 valence electrons. The van der Waals surface area contributed by atoms with Crippen LogP contribution in [-0.4, -0.2) is 41.8 Å². The zero-order valence-electron chi connectivity index (χ0n) is 16.0. The predicted molar refractivity (Wildman–Crippen MR) is 106 cm³/mol. The molecule has 3 rings (SSSR count). The Balaban J connectivity index is 1.39. The van der Waals surface area contributed by atoms with Crippen LogP contribution in [0.4, 0.5) is 0 Å². The fraction of sp³-hybridized carbons (Fsp3) is 0.667. The van der Waals surface area contributed by atoms with E-state index in [4.69, 9.17) is 14.7 Å². The van der Waals surface area contributed by atoms with Gasteiger partial charge in [0.15, 0.2) is 0 Å². The van der Waals surface area contributed by atoms with Gasteiger partial charge in [-0.05, 0) is 68.7 Å². The van der Waals surface area contributed by atoms with Gasteiger partial charge < -0.3 is 9.47 Å². The Labute approximate surface area is 166 Å². The number of benzene rings is 1. The molecule has 2 aliphatic heterocycles. The van der Waals surface area contributed by atoms with Crippen molar-refractivity contribution in [2.75, 3.05) is 12.4 Å². The standard InChI is InChI=1S/C21H31NO4S/c1-15(7-10-21(23)22-24)25-13-11-17-18(20-9-8-19(17)26-20)12-14-27-16-5-3-2-4-6-16/h2-6,15,17-20,24H,7-14H2,1H3,(H,22,23). The summed E-state index contributed by atoms with van der Waals surface area (Å²) in [6, 6.07) is 10.6.